The Kier molecular flexibility index (Phi) is 5.93. The van der Waals surface area contributed by atoms with Crippen LogP contribution in [0.2, 0.25) is 0 Å². The summed E-state index contributed by atoms with van der Waals surface area (Å²) in [6.07, 6.45) is 3.57. The molecule has 0 aliphatic carbocycles. The lowest BCUT2D eigenvalue weighted by atomic mass is 10.0. The third-order valence-electron chi connectivity index (χ3n) is 1.67. The molecule has 0 aromatic carbocycles. The highest BCUT2D eigenvalue weighted by molar-refractivity contribution is 5.76. The first-order chi connectivity index (χ1) is 6.04. The summed E-state index contributed by atoms with van der Waals surface area (Å²) in [4.78, 5) is 20.3. The quantitative estimate of drug-likeness (QED) is 0.589. The van der Waals surface area contributed by atoms with E-state index in [4.69, 9.17) is 10.2 Å². The molecule has 4 nitrogen and oxygen atoms in total. The van der Waals surface area contributed by atoms with Gasteiger partial charge >= 0.3 is 11.9 Å². The molecule has 1 unspecified atom stereocenters. The van der Waals surface area contributed by atoms with Crippen LogP contribution in [0, 0.1) is 19.3 Å². The van der Waals surface area contributed by atoms with Crippen LogP contribution in [0.5, 0.6) is 0 Å². The van der Waals surface area contributed by atoms with E-state index in [0.717, 1.165) is 0 Å². The molecule has 74 valence electrons. The predicted octanol–water partition coefficient (Wildman–Crippen LogP) is 1.37. The van der Waals surface area contributed by atoms with Crippen molar-refractivity contribution in [1.82, 2.24) is 0 Å². The Morgan fingerprint density at radius 3 is 2.38 bits per heavy atom. The molecule has 2 N–H and O–H groups in total. The second kappa shape index (κ2) is 6.46. The SMILES string of the molecule is [CH2]C(CCCC[CH]C(=O)O)C(=O)O. The molecule has 0 fully saturated rings. The lowest BCUT2D eigenvalue weighted by Crippen LogP contribution is -2.09. The Morgan fingerprint density at radius 1 is 1.31 bits per heavy atom. The van der Waals surface area contributed by atoms with Crippen molar-refractivity contribution >= 4 is 11.9 Å². The summed E-state index contributed by atoms with van der Waals surface area (Å²) in [5.74, 6) is -2.41. The molecule has 0 aliphatic heterocycles. The van der Waals surface area contributed by atoms with E-state index < -0.39 is 17.9 Å². The summed E-state index contributed by atoms with van der Waals surface area (Å²) >= 11 is 0. The van der Waals surface area contributed by atoms with Crippen molar-refractivity contribution in [3.63, 3.8) is 0 Å². The van der Waals surface area contributed by atoms with E-state index in [1.165, 1.54) is 6.42 Å². The molecule has 0 spiro atoms. The van der Waals surface area contributed by atoms with Gasteiger partial charge < -0.3 is 10.2 Å². The number of hydrogen-bond acceptors (Lipinski definition) is 2. The number of carbonyl (C=O) groups is 2. The van der Waals surface area contributed by atoms with Gasteiger partial charge in [-0.05, 0) is 19.8 Å². The zero-order valence-corrected chi connectivity index (χ0v) is 7.40. The smallest absolute Gasteiger partial charge is 0.307 e. The van der Waals surface area contributed by atoms with Crippen LogP contribution in [0.15, 0.2) is 0 Å². The first-order valence-corrected chi connectivity index (χ1v) is 4.16. The zero-order valence-electron chi connectivity index (χ0n) is 7.40. The molecule has 0 amide bonds. The van der Waals surface area contributed by atoms with Crippen molar-refractivity contribution < 1.29 is 19.8 Å². The van der Waals surface area contributed by atoms with Gasteiger partial charge in [-0.1, -0.05) is 12.8 Å². The number of carboxylic acid groups (broad SMARTS) is 2. The summed E-state index contributed by atoms with van der Waals surface area (Å²) in [6, 6.07) is 0. The van der Waals surface area contributed by atoms with Crippen molar-refractivity contribution in [3.8, 4) is 0 Å². The van der Waals surface area contributed by atoms with E-state index in [9.17, 15) is 9.59 Å². The van der Waals surface area contributed by atoms with Crippen LogP contribution in [0.3, 0.4) is 0 Å². The Labute approximate surface area is 77.6 Å². The van der Waals surface area contributed by atoms with Crippen molar-refractivity contribution in [2.24, 2.45) is 5.92 Å². The van der Waals surface area contributed by atoms with Crippen molar-refractivity contribution in [2.75, 3.05) is 0 Å². The lowest BCUT2D eigenvalue weighted by molar-refractivity contribution is -0.140. The normalized spacial score (nSPS) is 12.4. The van der Waals surface area contributed by atoms with Gasteiger partial charge in [0.1, 0.15) is 0 Å². The number of unbranched alkanes of at least 4 members (excludes halogenated alkanes) is 2. The van der Waals surface area contributed by atoms with Crippen LogP contribution >= 0.6 is 0 Å². The molecule has 0 saturated carbocycles. The molecule has 4 heteroatoms. The average Bonchev–Trinajstić information content (AvgIpc) is 2.02. The highest BCUT2D eigenvalue weighted by atomic mass is 16.4. The Morgan fingerprint density at radius 2 is 1.92 bits per heavy atom. The lowest BCUT2D eigenvalue weighted by Gasteiger charge is -2.03. The first kappa shape index (κ1) is 11.9. The van der Waals surface area contributed by atoms with Gasteiger partial charge in [0.25, 0.3) is 0 Å². The summed E-state index contributed by atoms with van der Waals surface area (Å²) in [7, 11) is 0. The third kappa shape index (κ3) is 7.31. The minimum absolute atomic E-state index is 0.488. The van der Waals surface area contributed by atoms with Crippen LogP contribution in [0.1, 0.15) is 25.7 Å². The van der Waals surface area contributed by atoms with Crippen molar-refractivity contribution in [1.29, 1.82) is 0 Å². The van der Waals surface area contributed by atoms with Crippen LogP contribution in [0.4, 0.5) is 0 Å². The van der Waals surface area contributed by atoms with Gasteiger partial charge in [0.15, 0.2) is 0 Å². The van der Waals surface area contributed by atoms with Gasteiger partial charge in [0, 0.05) is 0 Å². The van der Waals surface area contributed by atoms with Crippen molar-refractivity contribution in [3.05, 3.63) is 13.3 Å². The number of rotatable bonds is 7. The third-order valence-corrected chi connectivity index (χ3v) is 1.67. The molecule has 1 atom stereocenters. The molecular formula is C9H14O4. The first-order valence-electron chi connectivity index (χ1n) is 4.16. The topological polar surface area (TPSA) is 74.6 Å². The molecule has 0 aromatic heterocycles. The van der Waals surface area contributed by atoms with Gasteiger partial charge in [-0.3, -0.25) is 9.59 Å². The minimum Gasteiger partial charge on any atom is -0.481 e. The second-order valence-corrected chi connectivity index (χ2v) is 2.86. The molecule has 0 saturated heterocycles. The number of aliphatic carboxylic acids is 2. The number of carboxylic acids is 2. The summed E-state index contributed by atoms with van der Waals surface area (Å²) in [6.45, 7) is 3.44. The van der Waals surface area contributed by atoms with E-state index in [1.807, 2.05) is 0 Å². The Hall–Kier alpha value is -1.06. The van der Waals surface area contributed by atoms with E-state index >= 15 is 0 Å². The van der Waals surface area contributed by atoms with Gasteiger partial charge in [-0.2, -0.15) is 0 Å². The van der Waals surface area contributed by atoms with E-state index in [2.05, 4.69) is 6.92 Å². The van der Waals surface area contributed by atoms with Gasteiger partial charge in [-0.15, -0.1) is 0 Å². The van der Waals surface area contributed by atoms with Gasteiger partial charge in [-0.25, -0.2) is 0 Å². The maximum Gasteiger partial charge on any atom is 0.307 e. The van der Waals surface area contributed by atoms with Crippen LogP contribution in [0.25, 0.3) is 0 Å². The fourth-order valence-electron chi connectivity index (χ4n) is 0.884. The molecule has 2 radical (unpaired) electrons. The monoisotopic (exact) mass is 186 g/mol. The van der Waals surface area contributed by atoms with Crippen molar-refractivity contribution in [2.45, 2.75) is 25.7 Å². The van der Waals surface area contributed by atoms with Crippen LogP contribution < -0.4 is 0 Å². The average molecular weight is 186 g/mol. The van der Waals surface area contributed by atoms with E-state index in [-0.39, 0.29) is 0 Å². The molecule has 0 bridgehead atoms. The largest absolute Gasteiger partial charge is 0.481 e. The van der Waals surface area contributed by atoms with Crippen LogP contribution in [-0.4, -0.2) is 22.2 Å². The fourth-order valence-corrected chi connectivity index (χ4v) is 0.884. The molecular weight excluding hydrogens is 172 g/mol. The van der Waals surface area contributed by atoms with Crippen LogP contribution in [-0.2, 0) is 9.59 Å². The maximum absolute atomic E-state index is 10.3. The van der Waals surface area contributed by atoms with Gasteiger partial charge in [0.2, 0.25) is 0 Å². The minimum atomic E-state index is -0.926. The molecule has 0 aromatic rings. The Balaban J connectivity index is 3.26. The predicted molar refractivity (Wildman–Crippen MR) is 46.9 cm³/mol. The number of hydrogen-bond donors (Lipinski definition) is 2. The summed E-state index contributed by atoms with van der Waals surface area (Å²) in [5.41, 5.74) is 0. The van der Waals surface area contributed by atoms with E-state index in [1.54, 1.807) is 0 Å². The molecule has 13 heavy (non-hydrogen) atoms. The van der Waals surface area contributed by atoms with Gasteiger partial charge in [0.05, 0.1) is 12.3 Å². The maximum atomic E-state index is 10.3. The highest BCUT2D eigenvalue weighted by Gasteiger charge is 2.09. The second-order valence-electron chi connectivity index (χ2n) is 2.86. The summed E-state index contributed by atoms with van der Waals surface area (Å²) in [5, 5.41) is 16.7. The molecule has 0 aliphatic rings. The fraction of sp³-hybridized carbons (Fsp3) is 0.556. The molecule has 0 rings (SSSR count). The highest BCUT2D eigenvalue weighted by Crippen LogP contribution is 2.09. The molecule has 0 heterocycles. The summed E-state index contributed by atoms with van der Waals surface area (Å²) < 4.78 is 0. The standard InChI is InChI=1S/C9H14O4/c1-7(9(12)13)5-3-2-4-6-8(10)11/h6-7H,1-5H2,(H,10,11)(H,12,13). The Bertz CT molecular complexity index is 176. The van der Waals surface area contributed by atoms with E-state index in [0.29, 0.717) is 25.7 Å². The zero-order chi connectivity index (χ0) is 10.3.